The highest BCUT2D eigenvalue weighted by Crippen LogP contribution is 2.30. The van der Waals surface area contributed by atoms with Gasteiger partial charge in [-0.05, 0) is 39.0 Å². The highest BCUT2D eigenvalue weighted by molar-refractivity contribution is 5.55. The van der Waals surface area contributed by atoms with Crippen molar-refractivity contribution < 1.29 is 14.2 Å². The number of benzene rings is 1. The van der Waals surface area contributed by atoms with Crippen LogP contribution in [-0.2, 0) is 4.74 Å². The zero-order chi connectivity index (χ0) is 13.3. The van der Waals surface area contributed by atoms with Crippen molar-refractivity contribution in [3.05, 3.63) is 29.6 Å². The van der Waals surface area contributed by atoms with Gasteiger partial charge in [-0.2, -0.15) is 0 Å². The first-order valence-electron chi connectivity index (χ1n) is 6.25. The molecular formula is C14H20FNO2. The van der Waals surface area contributed by atoms with E-state index in [-0.39, 0.29) is 11.4 Å². The zero-order valence-corrected chi connectivity index (χ0v) is 11.1. The minimum absolute atomic E-state index is 0.220. The molecule has 1 aliphatic heterocycles. The van der Waals surface area contributed by atoms with Gasteiger partial charge in [0.1, 0.15) is 5.82 Å². The van der Waals surface area contributed by atoms with Crippen LogP contribution in [-0.4, -0.2) is 30.4 Å². The lowest BCUT2D eigenvalue weighted by Gasteiger charge is -2.40. The molecule has 3 nitrogen and oxygen atoms in total. The number of aliphatic hydroxyl groups is 1. The lowest BCUT2D eigenvalue weighted by atomic mass is 10.0. The van der Waals surface area contributed by atoms with Gasteiger partial charge in [0, 0.05) is 24.3 Å². The molecule has 100 valence electrons. The molecule has 0 aromatic heterocycles. The Morgan fingerprint density at radius 3 is 2.78 bits per heavy atom. The molecular weight excluding hydrogens is 233 g/mol. The van der Waals surface area contributed by atoms with Crippen LogP contribution in [0.3, 0.4) is 0 Å². The maximum Gasteiger partial charge on any atom is 0.123 e. The van der Waals surface area contributed by atoms with Crippen molar-refractivity contribution in [1.29, 1.82) is 0 Å². The molecule has 1 aliphatic rings. The Hall–Kier alpha value is -1.13. The van der Waals surface area contributed by atoms with E-state index in [1.54, 1.807) is 13.0 Å². The van der Waals surface area contributed by atoms with Gasteiger partial charge in [0.15, 0.2) is 0 Å². The van der Waals surface area contributed by atoms with Gasteiger partial charge in [0.2, 0.25) is 0 Å². The van der Waals surface area contributed by atoms with Crippen LogP contribution in [0.4, 0.5) is 10.1 Å². The number of morpholine rings is 1. The van der Waals surface area contributed by atoms with E-state index in [4.69, 9.17) is 4.74 Å². The fraction of sp³-hybridized carbons (Fsp3) is 0.571. The van der Waals surface area contributed by atoms with Crippen molar-refractivity contribution in [3.8, 4) is 0 Å². The Morgan fingerprint density at radius 1 is 1.44 bits per heavy atom. The molecule has 2 rings (SSSR count). The lowest BCUT2D eigenvalue weighted by Crippen LogP contribution is -2.48. The van der Waals surface area contributed by atoms with E-state index in [2.05, 4.69) is 4.90 Å². The van der Waals surface area contributed by atoms with Gasteiger partial charge in [-0.15, -0.1) is 0 Å². The highest BCUT2D eigenvalue weighted by Gasteiger charge is 2.28. The van der Waals surface area contributed by atoms with Gasteiger partial charge in [-0.3, -0.25) is 0 Å². The third kappa shape index (κ3) is 2.82. The monoisotopic (exact) mass is 253 g/mol. The molecule has 1 aromatic carbocycles. The Morgan fingerprint density at radius 2 is 2.17 bits per heavy atom. The Balaban J connectivity index is 2.32. The summed E-state index contributed by atoms with van der Waals surface area (Å²) in [5.74, 6) is -0.317. The van der Waals surface area contributed by atoms with E-state index < -0.39 is 6.10 Å². The van der Waals surface area contributed by atoms with Gasteiger partial charge < -0.3 is 14.7 Å². The minimum Gasteiger partial charge on any atom is -0.389 e. The zero-order valence-electron chi connectivity index (χ0n) is 11.1. The topological polar surface area (TPSA) is 32.7 Å². The first kappa shape index (κ1) is 13.3. The fourth-order valence-electron chi connectivity index (χ4n) is 2.37. The number of nitrogens with zero attached hydrogens (tertiary/aromatic N) is 1. The SMILES string of the molecule is C[C@H](O)c1cc(F)ccc1N1CCOC(C)(C)C1. The normalized spacial score (nSPS) is 20.8. The molecule has 0 aliphatic carbocycles. The summed E-state index contributed by atoms with van der Waals surface area (Å²) in [4.78, 5) is 2.14. The van der Waals surface area contributed by atoms with Crippen LogP contribution in [0.25, 0.3) is 0 Å². The molecule has 18 heavy (non-hydrogen) atoms. The van der Waals surface area contributed by atoms with Crippen molar-refractivity contribution >= 4 is 5.69 Å². The van der Waals surface area contributed by atoms with Crippen LogP contribution < -0.4 is 4.90 Å². The molecule has 0 radical (unpaired) electrons. The number of rotatable bonds is 2. The number of anilines is 1. The highest BCUT2D eigenvalue weighted by atomic mass is 19.1. The molecule has 1 heterocycles. The second kappa shape index (κ2) is 4.86. The average Bonchev–Trinajstić information content (AvgIpc) is 2.27. The number of halogens is 1. The molecule has 0 saturated carbocycles. The summed E-state index contributed by atoms with van der Waals surface area (Å²) in [6.45, 7) is 7.86. The molecule has 1 N–H and O–H groups in total. The van der Waals surface area contributed by atoms with Gasteiger partial charge in [-0.1, -0.05) is 0 Å². The van der Waals surface area contributed by atoms with Crippen LogP contribution in [0.2, 0.25) is 0 Å². The van der Waals surface area contributed by atoms with Gasteiger partial charge in [0.05, 0.1) is 18.3 Å². The van der Waals surface area contributed by atoms with Crippen LogP contribution in [0.1, 0.15) is 32.4 Å². The van der Waals surface area contributed by atoms with Crippen molar-refractivity contribution in [2.24, 2.45) is 0 Å². The Labute approximate surface area is 107 Å². The molecule has 0 bridgehead atoms. The third-order valence-electron chi connectivity index (χ3n) is 3.21. The number of hydrogen-bond acceptors (Lipinski definition) is 3. The summed E-state index contributed by atoms with van der Waals surface area (Å²) in [6.07, 6.45) is -0.679. The first-order chi connectivity index (χ1) is 8.39. The van der Waals surface area contributed by atoms with E-state index in [0.29, 0.717) is 12.2 Å². The largest absolute Gasteiger partial charge is 0.389 e. The summed E-state index contributed by atoms with van der Waals surface area (Å²) in [5, 5.41) is 9.77. The second-order valence-electron chi connectivity index (χ2n) is 5.41. The lowest BCUT2D eigenvalue weighted by molar-refractivity contribution is -0.0278. The minimum atomic E-state index is -0.679. The summed E-state index contributed by atoms with van der Waals surface area (Å²) in [6, 6.07) is 4.57. The third-order valence-corrected chi connectivity index (χ3v) is 3.21. The van der Waals surface area contributed by atoms with Crippen LogP contribution >= 0.6 is 0 Å². The molecule has 1 fully saturated rings. The average molecular weight is 253 g/mol. The van der Waals surface area contributed by atoms with E-state index in [1.807, 2.05) is 13.8 Å². The van der Waals surface area contributed by atoms with E-state index in [0.717, 1.165) is 18.8 Å². The molecule has 1 saturated heterocycles. The molecule has 0 spiro atoms. The van der Waals surface area contributed by atoms with E-state index in [1.165, 1.54) is 12.1 Å². The Bertz CT molecular complexity index is 432. The van der Waals surface area contributed by atoms with Crippen molar-refractivity contribution in [2.75, 3.05) is 24.6 Å². The summed E-state index contributed by atoms with van der Waals surface area (Å²) < 4.78 is 18.9. The predicted octanol–water partition coefficient (Wildman–Crippen LogP) is 2.49. The second-order valence-corrected chi connectivity index (χ2v) is 5.41. The maximum absolute atomic E-state index is 13.3. The molecule has 1 aromatic rings. The van der Waals surface area contributed by atoms with E-state index >= 15 is 0 Å². The van der Waals surface area contributed by atoms with Crippen LogP contribution in [0, 0.1) is 5.82 Å². The van der Waals surface area contributed by atoms with Crippen molar-refractivity contribution in [3.63, 3.8) is 0 Å². The van der Waals surface area contributed by atoms with Crippen LogP contribution in [0.15, 0.2) is 18.2 Å². The van der Waals surface area contributed by atoms with Crippen molar-refractivity contribution in [2.45, 2.75) is 32.5 Å². The molecule has 1 atom stereocenters. The van der Waals surface area contributed by atoms with Crippen molar-refractivity contribution in [1.82, 2.24) is 0 Å². The molecule has 0 amide bonds. The summed E-state index contributed by atoms with van der Waals surface area (Å²) in [5.41, 5.74) is 1.30. The van der Waals surface area contributed by atoms with Gasteiger partial charge in [0.25, 0.3) is 0 Å². The summed E-state index contributed by atoms with van der Waals surface area (Å²) >= 11 is 0. The number of aliphatic hydroxyl groups excluding tert-OH is 1. The fourth-order valence-corrected chi connectivity index (χ4v) is 2.37. The van der Waals surface area contributed by atoms with Gasteiger partial charge >= 0.3 is 0 Å². The van der Waals surface area contributed by atoms with E-state index in [9.17, 15) is 9.50 Å². The van der Waals surface area contributed by atoms with Gasteiger partial charge in [-0.25, -0.2) is 4.39 Å². The first-order valence-corrected chi connectivity index (χ1v) is 6.25. The standard InChI is InChI=1S/C14H20FNO2/c1-10(17)12-8-11(15)4-5-13(12)16-6-7-18-14(2,3)9-16/h4-5,8,10,17H,6-7,9H2,1-3H3/t10-/m0/s1. The van der Waals surface area contributed by atoms with Crippen LogP contribution in [0.5, 0.6) is 0 Å². The number of hydrogen-bond donors (Lipinski definition) is 1. The Kier molecular flexibility index (Phi) is 3.59. The maximum atomic E-state index is 13.3. The molecule has 4 heteroatoms. The smallest absolute Gasteiger partial charge is 0.123 e. The molecule has 0 unspecified atom stereocenters. The number of ether oxygens (including phenoxy) is 1. The summed E-state index contributed by atoms with van der Waals surface area (Å²) in [7, 11) is 0. The predicted molar refractivity (Wildman–Crippen MR) is 69.3 cm³/mol. The quantitative estimate of drug-likeness (QED) is 0.879.